The Kier molecular flexibility index (Phi) is 5.30. The van der Waals surface area contributed by atoms with Crippen LogP contribution in [0.2, 0.25) is 0 Å². The van der Waals surface area contributed by atoms with Gasteiger partial charge in [0.05, 0.1) is 5.69 Å². The molecule has 0 bridgehead atoms. The summed E-state index contributed by atoms with van der Waals surface area (Å²) >= 11 is 1.72. The van der Waals surface area contributed by atoms with Crippen LogP contribution in [0.5, 0.6) is 0 Å². The predicted molar refractivity (Wildman–Crippen MR) is 74.2 cm³/mol. The van der Waals surface area contributed by atoms with Gasteiger partial charge in [-0.2, -0.15) is 11.8 Å². The molecule has 6 heteroatoms. The summed E-state index contributed by atoms with van der Waals surface area (Å²) < 4.78 is 25.9. The van der Waals surface area contributed by atoms with E-state index < -0.39 is 10.0 Å². The van der Waals surface area contributed by atoms with Crippen molar-refractivity contribution in [1.29, 1.82) is 0 Å². The molecular weight excluding hydrogens is 256 g/mol. The van der Waals surface area contributed by atoms with E-state index in [0.29, 0.717) is 5.69 Å². The lowest BCUT2D eigenvalue weighted by atomic mass is 10.3. The largest absolute Gasteiger partial charge is 0.381 e. The van der Waals surface area contributed by atoms with Crippen LogP contribution in [0.4, 0.5) is 5.69 Å². The molecule has 1 aromatic rings. The molecule has 1 aromatic carbocycles. The summed E-state index contributed by atoms with van der Waals surface area (Å²) in [6.45, 7) is 2.03. The van der Waals surface area contributed by atoms with Crippen LogP contribution in [0.25, 0.3) is 0 Å². The highest BCUT2D eigenvalue weighted by molar-refractivity contribution is 7.98. The number of nitrogens with one attached hydrogen (secondary N) is 2. The fraction of sp³-hybridized carbons (Fsp3) is 0.455. The minimum atomic E-state index is -3.41. The molecule has 0 heterocycles. The highest BCUT2D eigenvalue weighted by atomic mass is 32.2. The van der Waals surface area contributed by atoms with E-state index >= 15 is 0 Å². The zero-order chi connectivity index (χ0) is 12.9. The highest BCUT2D eigenvalue weighted by Crippen LogP contribution is 2.21. The lowest BCUT2D eigenvalue weighted by Gasteiger charge is -2.17. The third kappa shape index (κ3) is 3.90. The van der Waals surface area contributed by atoms with Crippen LogP contribution < -0.4 is 10.0 Å². The minimum absolute atomic E-state index is 0.221. The molecule has 1 atom stereocenters. The Hall–Kier alpha value is -0.720. The molecule has 1 unspecified atom stereocenters. The average molecular weight is 274 g/mol. The Balaban J connectivity index is 3.01. The van der Waals surface area contributed by atoms with Crippen molar-refractivity contribution >= 4 is 27.5 Å². The van der Waals surface area contributed by atoms with Crippen LogP contribution >= 0.6 is 11.8 Å². The molecule has 0 aliphatic heterocycles. The number of benzene rings is 1. The number of hydrogen-bond acceptors (Lipinski definition) is 4. The monoisotopic (exact) mass is 274 g/mol. The van der Waals surface area contributed by atoms with Gasteiger partial charge in [-0.3, -0.25) is 0 Å². The zero-order valence-electron chi connectivity index (χ0n) is 10.2. The van der Waals surface area contributed by atoms with Gasteiger partial charge in [-0.1, -0.05) is 12.1 Å². The normalized spacial score (nSPS) is 13.4. The molecule has 0 aliphatic rings. The van der Waals surface area contributed by atoms with E-state index in [9.17, 15) is 8.42 Å². The molecular formula is C11H18N2O2S2. The molecule has 0 amide bonds. The summed E-state index contributed by atoms with van der Waals surface area (Å²) in [6, 6.07) is 7.14. The van der Waals surface area contributed by atoms with Gasteiger partial charge < -0.3 is 5.32 Å². The Labute approximate surface area is 107 Å². The number of anilines is 1. The number of para-hydroxylation sites is 1. The lowest BCUT2D eigenvalue weighted by molar-refractivity contribution is 0.588. The van der Waals surface area contributed by atoms with Crippen molar-refractivity contribution in [3.05, 3.63) is 24.3 Å². The van der Waals surface area contributed by atoms with Gasteiger partial charge in [-0.05, 0) is 32.4 Å². The van der Waals surface area contributed by atoms with E-state index in [1.807, 2.05) is 19.2 Å². The first-order valence-corrected chi connectivity index (χ1v) is 8.17. The minimum Gasteiger partial charge on any atom is -0.381 e. The second-order valence-electron chi connectivity index (χ2n) is 3.70. The van der Waals surface area contributed by atoms with Crippen molar-refractivity contribution in [2.45, 2.75) is 17.9 Å². The second-order valence-corrected chi connectivity index (χ2v) is 6.47. The molecule has 0 aliphatic carbocycles. The molecule has 0 saturated carbocycles. The van der Waals surface area contributed by atoms with Crippen molar-refractivity contribution in [3.63, 3.8) is 0 Å². The fourth-order valence-electron chi connectivity index (χ4n) is 1.49. The molecule has 0 saturated heterocycles. The zero-order valence-corrected chi connectivity index (χ0v) is 11.9. The van der Waals surface area contributed by atoms with E-state index in [0.717, 1.165) is 5.75 Å². The van der Waals surface area contributed by atoms with Gasteiger partial charge in [0.2, 0.25) is 10.0 Å². The standard InChI is InChI=1S/C11H18N2O2S2/c1-9(8-16-3)13-10-6-4-5-7-11(10)17(14,15)12-2/h4-7,9,12-13H,8H2,1-3H3. The summed E-state index contributed by atoms with van der Waals surface area (Å²) in [5.41, 5.74) is 0.642. The number of rotatable bonds is 6. The van der Waals surface area contributed by atoms with E-state index in [2.05, 4.69) is 10.0 Å². The smallest absolute Gasteiger partial charge is 0.242 e. The maximum atomic E-state index is 11.8. The van der Waals surface area contributed by atoms with Crippen molar-refractivity contribution < 1.29 is 8.42 Å². The van der Waals surface area contributed by atoms with Crippen molar-refractivity contribution in [3.8, 4) is 0 Å². The average Bonchev–Trinajstić information content (AvgIpc) is 2.30. The van der Waals surface area contributed by atoms with Gasteiger partial charge >= 0.3 is 0 Å². The summed E-state index contributed by atoms with van der Waals surface area (Å²) in [5, 5.41) is 3.21. The van der Waals surface area contributed by atoms with E-state index in [-0.39, 0.29) is 10.9 Å². The molecule has 4 nitrogen and oxygen atoms in total. The Morgan fingerprint density at radius 1 is 1.35 bits per heavy atom. The maximum Gasteiger partial charge on any atom is 0.242 e. The third-order valence-corrected chi connectivity index (χ3v) is 4.57. The molecule has 96 valence electrons. The van der Waals surface area contributed by atoms with Crippen molar-refractivity contribution in [2.75, 3.05) is 24.4 Å². The molecule has 0 spiro atoms. The first-order chi connectivity index (χ1) is 8.01. The lowest BCUT2D eigenvalue weighted by Crippen LogP contribution is -2.23. The summed E-state index contributed by atoms with van der Waals surface area (Å²) in [6.07, 6.45) is 2.02. The van der Waals surface area contributed by atoms with Crippen LogP contribution in [0.15, 0.2) is 29.2 Å². The molecule has 0 aromatic heterocycles. The van der Waals surface area contributed by atoms with Gasteiger partial charge in [0.1, 0.15) is 4.90 Å². The van der Waals surface area contributed by atoms with Crippen LogP contribution in [0.1, 0.15) is 6.92 Å². The van der Waals surface area contributed by atoms with Gasteiger partial charge in [0.25, 0.3) is 0 Å². The second kappa shape index (κ2) is 6.28. The van der Waals surface area contributed by atoms with Crippen molar-refractivity contribution in [2.24, 2.45) is 0 Å². The molecule has 2 N–H and O–H groups in total. The van der Waals surface area contributed by atoms with E-state index in [1.54, 1.807) is 30.0 Å². The van der Waals surface area contributed by atoms with Gasteiger partial charge in [-0.15, -0.1) is 0 Å². The van der Waals surface area contributed by atoms with E-state index in [1.165, 1.54) is 7.05 Å². The highest BCUT2D eigenvalue weighted by Gasteiger charge is 2.16. The third-order valence-electron chi connectivity index (χ3n) is 2.26. The molecule has 0 fully saturated rings. The summed E-state index contributed by atoms with van der Waals surface area (Å²) in [4.78, 5) is 0.287. The van der Waals surface area contributed by atoms with Crippen LogP contribution in [-0.2, 0) is 10.0 Å². The first kappa shape index (κ1) is 14.3. The maximum absolute atomic E-state index is 11.8. The van der Waals surface area contributed by atoms with Crippen LogP contribution in [0.3, 0.4) is 0 Å². The SMILES string of the molecule is CNS(=O)(=O)c1ccccc1NC(C)CSC. The number of hydrogen-bond donors (Lipinski definition) is 2. The quantitative estimate of drug-likeness (QED) is 0.830. The van der Waals surface area contributed by atoms with Crippen LogP contribution in [-0.4, -0.2) is 33.5 Å². The number of thioether (sulfide) groups is 1. The molecule has 1 rings (SSSR count). The summed E-state index contributed by atoms with van der Waals surface area (Å²) in [5.74, 6) is 0.925. The van der Waals surface area contributed by atoms with Gasteiger partial charge in [-0.25, -0.2) is 13.1 Å². The van der Waals surface area contributed by atoms with Gasteiger partial charge in [0.15, 0.2) is 0 Å². The van der Waals surface area contributed by atoms with Crippen LogP contribution in [0, 0.1) is 0 Å². The van der Waals surface area contributed by atoms with E-state index in [4.69, 9.17) is 0 Å². The molecule has 17 heavy (non-hydrogen) atoms. The summed E-state index contributed by atoms with van der Waals surface area (Å²) in [7, 11) is -1.99. The van der Waals surface area contributed by atoms with Gasteiger partial charge in [0, 0.05) is 11.8 Å². The Morgan fingerprint density at radius 3 is 2.59 bits per heavy atom. The Bertz CT molecular complexity index is 460. The molecule has 0 radical (unpaired) electrons. The first-order valence-electron chi connectivity index (χ1n) is 5.29. The Morgan fingerprint density at radius 2 is 2.00 bits per heavy atom. The van der Waals surface area contributed by atoms with Crippen molar-refractivity contribution in [1.82, 2.24) is 4.72 Å². The predicted octanol–water partition coefficient (Wildman–Crippen LogP) is 1.76. The number of sulfonamides is 1. The fourth-order valence-corrected chi connectivity index (χ4v) is 2.96. The topological polar surface area (TPSA) is 58.2 Å².